The average molecular weight is 366 g/mol. The maximum atomic E-state index is 12.3. The first-order chi connectivity index (χ1) is 12.0. The largest absolute Gasteiger partial charge is 0.494 e. The number of hydrogen-bond acceptors (Lipinski definition) is 6. The van der Waals surface area contributed by atoms with Gasteiger partial charge in [0, 0.05) is 24.4 Å². The number of rotatable bonds is 6. The molecule has 0 unspecified atom stereocenters. The minimum absolute atomic E-state index is 0.107. The van der Waals surface area contributed by atoms with E-state index in [-0.39, 0.29) is 29.6 Å². The van der Waals surface area contributed by atoms with E-state index >= 15 is 0 Å². The van der Waals surface area contributed by atoms with Crippen molar-refractivity contribution >= 4 is 29.5 Å². The van der Waals surface area contributed by atoms with Gasteiger partial charge in [-0.15, -0.1) is 11.8 Å². The highest BCUT2D eigenvalue weighted by molar-refractivity contribution is 8.00. The van der Waals surface area contributed by atoms with Gasteiger partial charge in [-0.3, -0.25) is 14.4 Å². The lowest BCUT2D eigenvalue weighted by molar-refractivity contribution is -0.141. The third kappa shape index (κ3) is 5.38. The molecule has 0 radical (unpaired) electrons. The summed E-state index contributed by atoms with van der Waals surface area (Å²) in [5.74, 6) is 0.481. The van der Waals surface area contributed by atoms with Crippen LogP contribution in [0, 0.1) is 0 Å². The second kappa shape index (κ2) is 9.31. The SMILES string of the molecule is CCOc1ccc(C(=O)NCC(=O)N2CCS[C@@H](C(=O)OC)C2)cc1. The monoisotopic (exact) mass is 366 g/mol. The number of amides is 2. The zero-order valence-electron chi connectivity index (χ0n) is 14.3. The molecule has 2 amide bonds. The molecule has 25 heavy (non-hydrogen) atoms. The fourth-order valence-corrected chi connectivity index (χ4v) is 3.52. The van der Waals surface area contributed by atoms with E-state index in [0.29, 0.717) is 36.8 Å². The first-order valence-electron chi connectivity index (χ1n) is 8.03. The first-order valence-corrected chi connectivity index (χ1v) is 9.08. The van der Waals surface area contributed by atoms with Crippen molar-refractivity contribution in [1.29, 1.82) is 0 Å². The Balaban J connectivity index is 1.84. The number of esters is 1. The fraction of sp³-hybridized carbons (Fsp3) is 0.471. The molecule has 1 heterocycles. The van der Waals surface area contributed by atoms with Crippen LogP contribution in [0.1, 0.15) is 17.3 Å². The number of nitrogens with zero attached hydrogens (tertiary/aromatic N) is 1. The van der Waals surface area contributed by atoms with Crippen LogP contribution in [0.25, 0.3) is 0 Å². The van der Waals surface area contributed by atoms with E-state index < -0.39 is 0 Å². The van der Waals surface area contributed by atoms with Crippen LogP contribution >= 0.6 is 11.8 Å². The summed E-state index contributed by atoms with van der Waals surface area (Å²) >= 11 is 1.48. The Morgan fingerprint density at radius 1 is 1.28 bits per heavy atom. The van der Waals surface area contributed by atoms with Crippen LogP contribution in [0.15, 0.2) is 24.3 Å². The molecule has 1 fully saturated rings. The summed E-state index contributed by atoms with van der Waals surface area (Å²) in [6.07, 6.45) is 0. The number of carbonyl (C=O) groups is 3. The summed E-state index contributed by atoms with van der Waals surface area (Å²) in [4.78, 5) is 37.6. The van der Waals surface area contributed by atoms with Crippen LogP contribution in [0.3, 0.4) is 0 Å². The van der Waals surface area contributed by atoms with Crippen molar-refractivity contribution < 1.29 is 23.9 Å². The molecule has 1 atom stereocenters. The second-order valence-electron chi connectivity index (χ2n) is 5.36. The van der Waals surface area contributed by atoms with E-state index in [1.165, 1.54) is 18.9 Å². The molecule has 1 N–H and O–H groups in total. The molecule has 1 aromatic rings. The lowest BCUT2D eigenvalue weighted by atomic mass is 10.2. The molecule has 0 aliphatic carbocycles. The van der Waals surface area contributed by atoms with Crippen molar-refractivity contribution in [2.75, 3.05) is 39.1 Å². The van der Waals surface area contributed by atoms with Crippen molar-refractivity contribution in [3.8, 4) is 5.75 Å². The molecule has 0 saturated carbocycles. The Morgan fingerprint density at radius 2 is 2.00 bits per heavy atom. The van der Waals surface area contributed by atoms with Crippen molar-refractivity contribution in [3.05, 3.63) is 29.8 Å². The first kappa shape index (κ1) is 19.1. The topological polar surface area (TPSA) is 84.9 Å². The van der Waals surface area contributed by atoms with Crippen LogP contribution in [0.5, 0.6) is 5.75 Å². The van der Waals surface area contributed by atoms with Gasteiger partial charge < -0.3 is 19.7 Å². The van der Waals surface area contributed by atoms with E-state index in [1.807, 2.05) is 6.92 Å². The van der Waals surface area contributed by atoms with Gasteiger partial charge in [0.1, 0.15) is 11.0 Å². The maximum Gasteiger partial charge on any atom is 0.320 e. The van der Waals surface area contributed by atoms with Crippen LogP contribution in [0.4, 0.5) is 0 Å². The van der Waals surface area contributed by atoms with Gasteiger partial charge in [0.2, 0.25) is 5.91 Å². The number of thioether (sulfide) groups is 1. The number of carbonyl (C=O) groups excluding carboxylic acids is 3. The number of ether oxygens (including phenoxy) is 2. The van der Waals surface area contributed by atoms with Crippen molar-refractivity contribution in [2.24, 2.45) is 0 Å². The van der Waals surface area contributed by atoms with E-state index in [0.717, 1.165) is 0 Å². The fourth-order valence-electron chi connectivity index (χ4n) is 2.39. The predicted molar refractivity (Wildman–Crippen MR) is 94.8 cm³/mol. The molecule has 8 heteroatoms. The third-order valence-corrected chi connectivity index (χ3v) is 4.87. The maximum absolute atomic E-state index is 12.3. The third-order valence-electron chi connectivity index (χ3n) is 3.71. The van der Waals surface area contributed by atoms with Crippen LogP contribution < -0.4 is 10.1 Å². The van der Waals surface area contributed by atoms with E-state index in [2.05, 4.69) is 5.32 Å². The van der Waals surface area contributed by atoms with Gasteiger partial charge in [0.05, 0.1) is 20.3 Å². The standard InChI is InChI=1S/C17H22N2O5S/c1-3-24-13-6-4-12(5-7-13)16(21)18-10-15(20)19-8-9-25-14(11-19)17(22)23-2/h4-7,14H,3,8-11H2,1-2H3,(H,18,21)/t14-/m1/s1. The zero-order chi connectivity index (χ0) is 18.2. The summed E-state index contributed by atoms with van der Waals surface area (Å²) in [5.41, 5.74) is 0.456. The molecule has 2 rings (SSSR count). The highest BCUT2D eigenvalue weighted by Gasteiger charge is 2.29. The Kier molecular flexibility index (Phi) is 7.12. The van der Waals surface area contributed by atoms with Crippen LogP contribution in [0.2, 0.25) is 0 Å². The van der Waals surface area contributed by atoms with Gasteiger partial charge in [0.25, 0.3) is 5.91 Å². The Bertz CT molecular complexity index is 620. The smallest absolute Gasteiger partial charge is 0.320 e. The van der Waals surface area contributed by atoms with Gasteiger partial charge in [-0.1, -0.05) is 0 Å². The molecule has 1 aliphatic rings. The minimum Gasteiger partial charge on any atom is -0.494 e. The van der Waals surface area contributed by atoms with E-state index in [9.17, 15) is 14.4 Å². The molecule has 0 bridgehead atoms. The number of benzene rings is 1. The summed E-state index contributed by atoms with van der Waals surface area (Å²) in [7, 11) is 1.33. The predicted octanol–water partition coefficient (Wildman–Crippen LogP) is 0.932. The molecular formula is C17H22N2O5S. The number of nitrogens with one attached hydrogen (secondary N) is 1. The normalized spacial score (nSPS) is 16.9. The molecule has 0 spiro atoms. The van der Waals surface area contributed by atoms with Gasteiger partial charge in [0.15, 0.2) is 0 Å². The van der Waals surface area contributed by atoms with Gasteiger partial charge in [-0.2, -0.15) is 0 Å². The molecular weight excluding hydrogens is 344 g/mol. The Hall–Kier alpha value is -2.22. The lowest BCUT2D eigenvalue weighted by Crippen LogP contribution is -2.48. The molecule has 1 aliphatic heterocycles. The Labute approximate surface area is 151 Å². The highest BCUT2D eigenvalue weighted by Crippen LogP contribution is 2.19. The van der Waals surface area contributed by atoms with Crippen molar-refractivity contribution in [1.82, 2.24) is 10.2 Å². The van der Waals surface area contributed by atoms with Crippen molar-refractivity contribution in [3.63, 3.8) is 0 Å². The van der Waals surface area contributed by atoms with E-state index in [4.69, 9.17) is 9.47 Å². The Morgan fingerprint density at radius 3 is 2.64 bits per heavy atom. The number of hydrogen-bond donors (Lipinski definition) is 1. The second-order valence-corrected chi connectivity index (χ2v) is 6.67. The highest BCUT2D eigenvalue weighted by atomic mass is 32.2. The summed E-state index contributed by atoms with van der Waals surface area (Å²) in [6.45, 7) is 3.19. The molecule has 1 saturated heterocycles. The van der Waals surface area contributed by atoms with E-state index in [1.54, 1.807) is 29.2 Å². The van der Waals surface area contributed by atoms with Crippen molar-refractivity contribution in [2.45, 2.75) is 12.2 Å². The average Bonchev–Trinajstić information content (AvgIpc) is 2.66. The quantitative estimate of drug-likeness (QED) is 0.754. The van der Waals surface area contributed by atoms with Crippen LogP contribution in [-0.2, 0) is 14.3 Å². The summed E-state index contributed by atoms with van der Waals surface area (Å²) in [5, 5.41) is 2.24. The van der Waals surface area contributed by atoms with Crippen LogP contribution in [-0.4, -0.2) is 67.0 Å². The number of methoxy groups -OCH3 is 1. The summed E-state index contributed by atoms with van der Waals surface area (Å²) in [6, 6.07) is 6.72. The minimum atomic E-state index is -0.371. The summed E-state index contributed by atoms with van der Waals surface area (Å²) < 4.78 is 10.0. The molecule has 7 nitrogen and oxygen atoms in total. The van der Waals surface area contributed by atoms with Gasteiger partial charge >= 0.3 is 5.97 Å². The lowest BCUT2D eigenvalue weighted by Gasteiger charge is -2.31. The molecule has 0 aromatic heterocycles. The van der Waals surface area contributed by atoms with Gasteiger partial charge in [-0.05, 0) is 31.2 Å². The van der Waals surface area contributed by atoms with Gasteiger partial charge in [-0.25, -0.2) is 0 Å². The molecule has 136 valence electrons. The molecule has 1 aromatic carbocycles. The zero-order valence-corrected chi connectivity index (χ0v) is 15.1.